The second-order valence-corrected chi connectivity index (χ2v) is 6.56. The maximum absolute atomic E-state index is 12.6. The van der Waals surface area contributed by atoms with Crippen LogP contribution in [0.25, 0.3) is 0 Å². The number of benzene rings is 3. The molecular weight excluding hydrogens is 353 g/mol. The van der Waals surface area contributed by atoms with Crippen molar-refractivity contribution in [1.82, 2.24) is 5.32 Å². The Labute approximate surface area is 157 Å². The summed E-state index contributed by atoms with van der Waals surface area (Å²) in [7, 11) is 0. The van der Waals surface area contributed by atoms with E-state index >= 15 is 0 Å². The van der Waals surface area contributed by atoms with Crippen molar-refractivity contribution >= 4 is 29.1 Å². The number of hydrogen-bond donors (Lipinski definition) is 1. The first-order chi connectivity index (χ1) is 12.1. The third-order valence-electron chi connectivity index (χ3n) is 3.92. The molecule has 0 saturated carbocycles. The number of carbonyl (C=O) groups excluding carboxylic acids is 1. The van der Waals surface area contributed by atoms with Crippen molar-refractivity contribution in [2.75, 3.05) is 0 Å². The van der Waals surface area contributed by atoms with Crippen molar-refractivity contribution in [3.05, 3.63) is 106 Å². The van der Waals surface area contributed by atoms with E-state index in [1.54, 1.807) is 12.1 Å². The zero-order valence-electron chi connectivity index (χ0n) is 13.5. The van der Waals surface area contributed by atoms with Crippen molar-refractivity contribution in [1.29, 1.82) is 0 Å². The van der Waals surface area contributed by atoms with E-state index in [0.29, 0.717) is 10.0 Å². The van der Waals surface area contributed by atoms with Gasteiger partial charge in [-0.15, -0.1) is 0 Å². The SMILES string of the molecule is O=C(Cc1ccc(Cl)c(Cl)c1)NC(c1ccccc1)c1ccccc1. The Balaban J connectivity index is 1.80. The molecule has 3 rings (SSSR count). The Kier molecular flexibility index (Phi) is 5.75. The van der Waals surface area contributed by atoms with E-state index in [4.69, 9.17) is 23.2 Å². The lowest BCUT2D eigenvalue weighted by atomic mass is 9.98. The van der Waals surface area contributed by atoms with Crippen LogP contribution in [-0.4, -0.2) is 5.91 Å². The number of rotatable bonds is 5. The fourth-order valence-electron chi connectivity index (χ4n) is 2.70. The van der Waals surface area contributed by atoms with Gasteiger partial charge in [0.15, 0.2) is 0 Å². The lowest BCUT2D eigenvalue weighted by Gasteiger charge is -2.20. The van der Waals surface area contributed by atoms with Crippen molar-refractivity contribution in [2.45, 2.75) is 12.5 Å². The highest BCUT2D eigenvalue weighted by molar-refractivity contribution is 6.42. The van der Waals surface area contributed by atoms with Crippen molar-refractivity contribution < 1.29 is 4.79 Å². The molecule has 3 aromatic rings. The van der Waals surface area contributed by atoms with Crippen LogP contribution < -0.4 is 5.32 Å². The van der Waals surface area contributed by atoms with Gasteiger partial charge in [-0.1, -0.05) is 89.9 Å². The van der Waals surface area contributed by atoms with Crippen LogP contribution in [0.15, 0.2) is 78.9 Å². The summed E-state index contributed by atoms with van der Waals surface area (Å²) in [6, 6.07) is 24.9. The summed E-state index contributed by atoms with van der Waals surface area (Å²) in [5.41, 5.74) is 2.90. The first-order valence-corrected chi connectivity index (χ1v) is 8.72. The number of carbonyl (C=O) groups is 1. The molecule has 0 unspecified atom stereocenters. The monoisotopic (exact) mass is 369 g/mol. The summed E-state index contributed by atoms with van der Waals surface area (Å²) in [4.78, 5) is 12.6. The second kappa shape index (κ2) is 8.19. The lowest BCUT2D eigenvalue weighted by molar-refractivity contribution is -0.120. The molecule has 1 amide bonds. The van der Waals surface area contributed by atoms with Crippen LogP contribution in [0.1, 0.15) is 22.7 Å². The molecule has 0 fully saturated rings. The van der Waals surface area contributed by atoms with E-state index in [0.717, 1.165) is 16.7 Å². The highest BCUT2D eigenvalue weighted by Gasteiger charge is 2.17. The van der Waals surface area contributed by atoms with Gasteiger partial charge < -0.3 is 5.32 Å². The molecular formula is C21H17Cl2NO. The third kappa shape index (κ3) is 4.62. The summed E-state index contributed by atoms with van der Waals surface area (Å²) in [6.45, 7) is 0. The molecule has 0 atom stereocenters. The minimum atomic E-state index is -0.197. The molecule has 0 radical (unpaired) electrons. The summed E-state index contributed by atoms with van der Waals surface area (Å²) in [5, 5.41) is 4.05. The quantitative estimate of drug-likeness (QED) is 0.637. The summed E-state index contributed by atoms with van der Waals surface area (Å²) in [5.74, 6) is -0.0731. The Bertz CT molecular complexity index is 811. The minimum Gasteiger partial charge on any atom is -0.345 e. The summed E-state index contributed by atoms with van der Waals surface area (Å²) in [6.07, 6.45) is 0.243. The molecule has 2 nitrogen and oxygen atoms in total. The lowest BCUT2D eigenvalue weighted by Crippen LogP contribution is -2.30. The first kappa shape index (κ1) is 17.5. The van der Waals surface area contributed by atoms with E-state index < -0.39 is 0 Å². The molecule has 3 aromatic carbocycles. The van der Waals surface area contributed by atoms with E-state index in [1.807, 2.05) is 66.7 Å². The highest BCUT2D eigenvalue weighted by atomic mass is 35.5. The van der Waals surface area contributed by atoms with Gasteiger partial charge in [-0.05, 0) is 28.8 Å². The molecule has 0 bridgehead atoms. The van der Waals surface area contributed by atoms with Crippen LogP contribution in [0.2, 0.25) is 10.0 Å². The second-order valence-electron chi connectivity index (χ2n) is 5.75. The zero-order valence-corrected chi connectivity index (χ0v) is 15.0. The first-order valence-electron chi connectivity index (χ1n) is 7.96. The molecule has 126 valence electrons. The van der Waals surface area contributed by atoms with Gasteiger partial charge in [0.05, 0.1) is 22.5 Å². The maximum Gasteiger partial charge on any atom is 0.225 e. The van der Waals surface area contributed by atoms with Gasteiger partial charge in [0.2, 0.25) is 5.91 Å². The maximum atomic E-state index is 12.6. The Morgan fingerprint density at radius 2 is 1.36 bits per heavy atom. The molecule has 4 heteroatoms. The van der Waals surface area contributed by atoms with E-state index in [9.17, 15) is 4.79 Å². The van der Waals surface area contributed by atoms with Crippen LogP contribution in [0.5, 0.6) is 0 Å². The van der Waals surface area contributed by atoms with Gasteiger partial charge in [0, 0.05) is 0 Å². The Hall–Kier alpha value is -2.29. The normalized spacial score (nSPS) is 10.7. The molecule has 25 heavy (non-hydrogen) atoms. The average Bonchev–Trinajstić information content (AvgIpc) is 2.64. The van der Waals surface area contributed by atoms with Gasteiger partial charge in [-0.3, -0.25) is 4.79 Å². The fourth-order valence-corrected chi connectivity index (χ4v) is 3.02. The van der Waals surface area contributed by atoms with Gasteiger partial charge in [0.1, 0.15) is 0 Å². The largest absolute Gasteiger partial charge is 0.345 e. The van der Waals surface area contributed by atoms with Crippen LogP contribution in [0, 0.1) is 0 Å². The minimum absolute atomic E-state index is 0.0731. The average molecular weight is 370 g/mol. The highest BCUT2D eigenvalue weighted by Crippen LogP contribution is 2.24. The zero-order chi connectivity index (χ0) is 17.6. The third-order valence-corrected chi connectivity index (χ3v) is 4.66. The number of hydrogen-bond acceptors (Lipinski definition) is 1. The number of halogens is 2. The van der Waals surface area contributed by atoms with Crippen LogP contribution >= 0.6 is 23.2 Å². The van der Waals surface area contributed by atoms with Gasteiger partial charge >= 0.3 is 0 Å². The van der Waals surface area contributed by atoms with Gasteiger partial charge in [0.25, 0.3) is 0 Å². The molecule has 0 spiro atoms. The standard InChI is InChI=1S/C21H17Cl2NO/c22-18-12-11-15(13-19(18)23)14-20(25)24-21(16-7-3-1-4-8-16)17-9-5-2-6-10-17/h1-13,21H,14H2,(H,24,25). The smallest absolute Gasteiger partial charge is 0.225 e. The summed E-state index contributed by atoms with van der Waals surface area (Å²) < 4.78 is 0. The predicted octanol–water partition coefficient (Wildman–Crippen LogP) is 5.44. The van der Waals surface area contributed by atoms with Crippen molar-refractivity contribution in [3.8, 4) is 0 Å². The molecule has 0 aliphatic rings. The van der Waals surface area contributed by atoms with Gasteiger partial charge in [-0.2, -0.15) is 0 Å². The molecule has 0 aliphatic heterocycles. The Morgan fingerprint density at radius 1 is 0.800 bits per heavy atom. The summed E-state index contributed by atoms with van der Waals surface area (Å²) >= 11 is 12.0. The molecule has 0 heterocycles. The molecule has 0 aliphatic carbocycles. The molecule has 0 aromatic heterocycles. The number of nitrogens with one attached hydrogen (secondary N) is 1. The number of amides is 1. The fraction of sp³-hybridized carbons (Fsp3) is 0.0952. The predicted molar refractivity (Wildman–Crippen MR) is 103 cm³/mol. The van der Waals surface area contributed by atoms with Gasteiger partial charge in [-0.25, -0.2) is 0 Å². The molecule has 1 N–H and O–H groups in total. The molecule has 0 saturated heterocycles. The van der Waals surface area contributed by atoms with E-state index in [1.165, 1.54) is 0 Å². The van der Waals surface area contributed by atoms with Crippen LogP contribution in [0.3, 0.4) is 0 Å². The van der Waals surface area contributed by atoms with Crippen molar-refractivity contribution in [2.24, 2.45) is 0 Å². The topological polar surface area (TPSA) is 29.1 Å². The van der Waals surface area contributed by atoms with Crippen LogP contribution in [0.4, 0.5) is 0 Å². The Morgan fingerprint density at radius 3 is 1.88 bits per heavy atom. The van der Waals surface area contributed by atoms with Crippen LogP contribution in [-0.2, 0) is 11.2 Å². The van der Waals surface area contributed by atoms with E-state index in [2.05, 4.69) is 5.32 Å². The van der Waals surface area contributed by atoms with E-state index in [-0.39, 0.29) is 18.4 Å². The van der Waals surface area contributed by atoms with Crippen molar-refractivity contribution in [3.63, 3.8) is 0 Å².